The fourth-order valence-electron chi connectivity index (χ4n) is 3.11. The average molecular weight is 420 g/mol. The lowest BCUT2D eigenvalue weighted by atomic mass is 9.98. The predicted octanol–water partition coefficient (Wildman–Crippen LogP) is 2.54. The van der Waals surface area contributed by atoms with Crippen LogP contribution in [0.2, 0.25) is 0 Å². The van der Waals surface area contributed by atoms with Gasteiger partial charge in [0, 0.05) is 25.8 Å². The highest BCUT2D eigenvalue weighted by Crippen LogP contribution is 2.26. The van der Waals surface area contributed by atoms with E-state index < -0.39 is 17.6 Å². The lowest BCUT2D eigenvalue weighted by Gasteiger charge is -2.33. The van der Waals surface area contributed by atoms with E-state index in [4.69, 9.17) is 4.74 Å². The minimum atomic E-state index is -0.523. The minimum absolute atomic E-state index is 0.260. The molecule has 2 saturated heterocycles. The Bertz CT molecular complexity index is 836. The summed E-state index contributed by atoms with van der Waals surface area (Å²) in [5.74, 6) is 0.415. The van der Waals surface area contributed by atoms with Gasteiger partial charge in [0.05, 0.1) is 10.6 Å². The number of nitrogens with one attached hydrogen (secondary N) is 2. The van der Waals surface area contributed by atoms with Gasteiger partial charge in [-0.3, -0.25) is 14.9 Å². The summed E-state index contributed by atoms with van der Waals surface area (Å²) in [6.45, 7) is 7.54. The van der Waals surface area contributed by atoms with Gasteiger partial charge in [0.1, 0.15) is 5.60 Å². The molecule has 0 saturated carbocycles. The number of alkyl carbamates (subject to hydrolysis) is 1. The lowest BCUT2D eigenvalue weighted by Crippen LogP contribution is -2.42. The fourth-order valence-corrected chi connectivity index (χ4v) is 3.77. The summed E-state index contributed by atoms with van der Waals surface area (Å²) in [7, 11) is 0. The van der Waals surface area contributed by atoms with Gasteiger partial charge in [-0.05, 0) is 63.4 Å². The van der Waals surface area contributed by atoms with E-state index in [1.54, 1.807) is 18.3 Å². The molecule has 2 aliphatic rings. The fraction of sp³-hybridized carbons (Fsp3) is 0.526. The van der Waals surface area contributed by atoms with Crippen molar-refractivity contribution in [1.82, 2.24) is 20.6 Å². The number of carbonyl (C=O) groups excluding carboxylic acids is 3. The number of anilines is 1. The number of amides is 3. The highest BCUT2D eigenvalue weighted by Gasteiger charge is 2.26. The van der Waals surface area contributed by atoms with Gasteiger partial charge >= 0.3 is 6.09 Å². The number of aromatic nitrogens is 2. The molecule has 29 heavy (non-hydrogen) atoms. The van der Waals surface area contributed by atoms with Crippen molar-refractivity contribution in [3.05, 3.63) is 22.9 Å². The molecule has 2 fully saturated rings. The molecule has 1 unspecified atom stereocenters. The third kappa shape index (κ3) is 6.18. The number of ether oxygens (including phenoxy) is 1. The van der Waals surface area contributed by atoms with Gasteiger partial charge in [0.2, 0.25) is 5.95 Å². The summed E-state index contributed by atoms with van der Waals surface area (Å²) >= 11 is 0.859. The number of thioether (sulfide) groups is 1. The molecule has 0 aliphatic carbocycles. The zero-order valence-electron chi connectivity index (χ0n) is 16.7. The predicted molar refractivity (Wildman–Crippen MR) is 110 cm³/mol. The molecule has 2 N–H and O–H groups in total. The van der Waals surface area contributed by atoms with Gasteiger partial charge in [-0.2, -0.15) is 0 Å². The molecule has 0 aromatic carbocycles. The van der Waals surface area contributed by atoms with Crippen molar-refractivity contribution in [1.29, 1.82) is 0 Å². The number of rotatable bonds is 4. The maximum Gasteiger partial charge on any atom is 0.407 e. The van der Waals surface area contributed by atoms with Gasteiger partial charge in [-0.15, -0.1) is 0 Å². The second-order valence-electron chi connectivity index (χ2n) is 7.97. The van der Waals surface area contributed by atoms with Crippen LogP contribution in [0.4, 0.5) is 15.5 Å². The number of imide groups is 1. The van der Waals surface area contributed by atoms with Crippen LogP contribution in [0.25, 0.3) is 6.08 Å². The van der Waals surface area contributed by atoms with Crippen LogP contribution in [-0.2, 0) is 9.53 Å². The normalized spacial score (nSPS) is 21.3. The summed E-state index contributed by atoms with van der Waals surface area (Å²) < 4.78 is 5.28. The van der Waals surface area contributed by atoms with Crippen LogP contribution < -0.4 is 15.5 Å². The van der Waals surface area contributed by atoms with E-state index in [0.717, 1.165) is 31.1 Å². The van der Waals surface area contributed by atoms with Crippen molar-refractivity contribution >= 4 is 41.0 Å². The Morgan fingerprint density at radius 1 is 1.45 bits per heavy atom. The van der Waals surface area contributed by atoms with Crippen molar-refractivity contribution < 1.29 is 19.1 Å². The van der Waals surface area contributed by atoms with E-state index in [1.807, 2.05) is 20.8 Å². The van der Waals surface area contributed by atoms with Crippen molar-refractivity contribution in [2.24, 2.45) is 5.92 Å². The van der Waals surface area contributed by atoms with E-state index >= 15 is 0 Å². The third-order valence-corrected chi connectivity index (χ3v) is 5.13. The largest absolute Gasteiger partial charge is 0.444 e. The second-order valence-corrected chi connectivity index (χ2v) is 8.99. The first-order chi connectivity index (χ1) is 13.7. The van der Waals surface area contributed by atoms with Crippen LogP contribution in [0.1, 0.15) is 39.3 Å². The van der Waals surface area contributed by atoms with Crippen molar-refractivity contribution in [2.75, 3.05) is 24.5 Å². The number of carbonyl (C=O) groups is 3. The third-order valence-electron chi connectivity index (χ3n) is 4.32. The van der Waals surface area contributed by atoms with Crippen LogP contribution in [0.5, 0.6) is 0 Å². The minimum Gasteiger partial charge on any atom is -0.444 e. The zero-order chi connectivity index (χ0) is 21.0. The SMILES string of the molecule is CC(C)(C)OC(=O)NCC1CCCN(c2nccc(C=C3SC(=O)NC3=O)n2)C1. The number of nitrogens with zero attached hydrogens (tertiary/aromatic N) is 3. The molecule has 1 aromatic heterocycles. The molecule has 1 aromatic rings. The van der Waals surface area contributed by atoms with Crippen LogP contribution >= 0.6 is 11.8 Å². The Morgan fingerprint density at radius 2 is 2.24 bits per heavy atom. The van der Waals surface area contributed by atoms with Crippen LogP contribution in [0, 0.1) is 5.92 Å². The molecule has 1 atom stereocenters. The van der Waals surface area contributed by atoms with Crippen molar-refractivity contribution in [3.8, 4) is 0 Å². The lowest BCUT2D eigenvalue weighted by molar-refractivity contribution is -0.115. The second kappa shape index (κ2) is 8.81. The Balaban J connectivity index is 1.61. The summed E-state index contributed by atoms with van der Waals surface area (Å²) in [5.41, 5.74) is 0.0428. The maximum atomic E-state index is 11.9. The standard InChI is InChI=1S/C19H25N5O4S/c1-19(2,3)28-17(26)21-10-12-5-4-8-24(11-12)16-20-7-6-13(22-16)9-14-15(25)23-18(27)29-14/h6-7,9,12H,4-5,8,10-11H2,1-3H3,(H,21,26)(H,23,25,27). The Kier molecular flexibility index (Phi) is 6.41. The first kappa shape index (κ1) is 21.1. The van der Waals surface area contributed by atoms with Crippen LogP contribution in [-0.4, -0.2) is 52.4 Å². The summed E-state index contributed by atoms with van der Waals surface area (Å²) in [4.78, 5) is 46.1. The summed E-state index contributed by atoms with van der Waals surface area (Å²) in [6.07, 6.45) is 4.76. The summed E-state index contributed by atoms with van der Waals surface area (Å²) in [5, 5.41) is 4.68. The molecule has 2 aliphatic heterocycles. The molecule has 10 heteroatoms. The van der Waals surface area contributed by atoms with Gasteiger partial charge in [-0.1, -0.05) is 0 Å². The topological polar surface area (TPSA) is 114 Å². The van der Waals surface area contributed by atoms with Gasteiger partial charge in [0.25, 0.3) is 11.1 Å². The Hall–Kier alpha value is -2.62. The molecule has 3 heterocycles. The van der Waals surface area contributed by atoms with Gasteiger partial charge in [0.15, 0.2) is 0 Å². The molecular weight excluding hydrogens is 394 g/mol. The van der Waals surface area contributed by atoms with Crippen LogP contribution in [0.3, 0.4) is 0 Å². The highest BCUT2D eigenvalue weighted by atomic mass is 32.2. The molecule has 9 nitrogen and oxygen atoms in total. The Labute approximate surface area is 173 Å². The van der Waals surface area contributed by atoms with Crippen LogP contribution in [0.15, 0.2) is 17.2 Å². The monoisotopic (exact) mass is 419 g/mol. The van der Waals surface area contributed by atoms with E-state index in [9.17, 15) is 14.4 Å². The van der Waals surface area contributed by atoms with E-state index in [0.29, 0.717) is 29.6 Å². The summed E-state index contributed by atoms with van der Waals surface area (Å²) in [6, 6.07) is 1.69. The molecule has 3 rings (SSSR count). The first-order valence-corrected chi connectivity index (χ1v) is 10.3. The van der Waals surface area contributed by atoms with Gasteiger partial charge < -0.3 is 15.0 Å². The maximum absolute atomic E-state index is 11.9. The molecule has 156 valence electrons. The Morgan fingerprint density at radius 3 is 2.93 bits per heavy atom. The highest BCUT2D eigenvalue weighted by molar-refractivity contribution is 8.18. The van der Waals surface area contributed by atoms with Gasteiger partial charge in [-0.25, -0.2) is 14.8 Å². The van der Waals surface area contributed by atoms with Crippen molar-refractivity contribution in [3.63, 3.8) is 0 Å². The molecule has 0 radical (unpaired) electrons. The molecule has 0 bridgehead atoms. The van der Waals surface area contributed by atoms with E-state index in [-0.39, 0.29) is 11.2 Å². The molecule has 0 spiro atoms. The average Bonchev–Trinajstić information content (AvgIpc) is 2.96. The van der Waals surface area contributed by atoms with E-state index in [1.165, 1.54) is 0 Å². The zero-order valence-corrected chi connectivity index (χ0v) is 17.5. The number of piperidine rings is 1. The molecule has 3 amide bonds. The quantitative estimate of drug-likeness (QED) is 0.716. The smallest absolute Gasteiger partial charge is 0.407 e. The number of hydrogen-bond acceptors (Lipinski definition) is 8. The molecular formula is C19H25N5O4S. The number of hydrogen-bond donors (Lipinski definition) is 2. The first-order valence-electron chi connectivity index (χ1n) is 9.49. The van der Waals surface area contributed by atoms with Crippen molar-refractivity contribution in [2.45, 2.75) is 39.2 Å². The van der Waals surface area contributed by atoms with E-state index in [2.05, 4.69) is 25.5 Å².